The second-order valence-electron chi connectivity index (χ2n) is 4.40. The number of sulfonamides is 1. The number of nitrogens with one attached hydrogen (secondary N) is 2. The highest BCUT2D eigenvalue weighted by Crippen LogP contribution is 2.13. The Morgan fingerprint density at radius 1 is 1.29 bits per heavy atom. The van der Waals surface area contributed by atoms with Gasteiger partial charge in [-0.1, -0.05) is 12.1 Å². The molecule has 0 atom stereocenters. The van der Waals surface area contributed by atoms with Gasteiger partial charge in [0.15, 0.2) is 0 Å². The zero-order valence-electron chi connectivity index (χ0n) is 11.0. The van der Waals surface area contributed by atoms with E-state index in [1.54, 1.807) is 6.20 Å². The molecule has 1 heterocycles. The van der Waals surface area contributed by atoms with E-state index in [1.165, 1.54) is 30.6 Å². The Morgan fingerprint density at radius 2 is 2.00 bits per heavy atom. The van der Waals surface area contributed by atoms with E-state index in [0.717, 1.165) is 5.69 Å². The summed E-state index contributed by atoms with van der Waals surface area (Å²) in [6.07, 6.45) is 3.67. The second kappa shape index (κ2) is 6.46. The quantitative estimate of drug-likeness (QED) is 0.584. The molecule has 0 aliphatic carbocycles. The van der Waals surface area contributed by atoms with Crippen molar-refractivity contribution in [2.24, 2.45) is 0 Å². The van der Waals surface area contributed by atoms with Crippen LogP contribution in [0.25, 0.3) is 0 Å². The molecule has 0 bridgehead atoms. The number of benzene rings is 1. The van der Waals surface area contributed by atoms with Crippen LogP contribution in [-0.4, -0.2) is 29.9 Å². The third kappa shape index (κ3) is 4.65. The Kier molecular flexibility index (Phi) is 4.66. The van der Waals surface area contributed by atoms with E-state index in [-0.39, 0.29) is 18.0 Å². The number of non-ortho nitro benzene ring substituents is 1. The van der Waals surface area contributed by atoms with Gasteiger partial charge in [0, 0.05) is 37.0 Å². The number of rotatable bonds is 7. The first kappa shape index (κ1) is 15.1. The standard InChI is InChI=1S/C12H14N4O4S/c17-16(18)12-3-1-10(2-4-12)8-21(19,20)15-6-5-11-7-13-9-14-11/h1-4,7,9,15H,5-6,8H2,(H,13,14). The minimum atomic E-state index is -3.48. The van der Waals surface area contributed by atoms with Gasteiger partial charge in [0.2, 0.25) is 10.0 Å². The molecule has 2 aromatic rings. The van der Waals surface area contributed by atoms with Gasteiger partial charge in [-0.2, -0.15) is 0 Å². The number of aromatic nitrogens is 2. The van der Waals surface area contributed by atoms with E-state index in [0.29, 0.717) is 12.0 Å². The number of imidazole rings is 1. The lowest BCUT2D eigenvalue weighted by molar-refractivity contribution is -0.384. The molecule has 21 heavy (non-hydrogen) atoms. The van der Waals surface area contributed by atoms with Gasteiger partial charge in [-0.3, -0.25) is 10.1 Å². The average Bonchev–Trinajstić information content (AvgIpc) is 2.91. The molecular formula is C12H14N4O4S. The highest BCUT2D eigenvalue weighted by Gasteiger charge is 2.12. The lowest BCUT2D eigenvalue weighted by Gasteiger charge is -2.06. The van der Waals surface area contributed by atoms with Crippen molar-refractivity contribution in [1.82, 2.24) is 14.7 Å². The van der Waals surface area contributed by atoms with Gasteiger partial charge in [0.1, 0.15) is 0 Å². The molecule has 2 rings (SSSR count). The van der Waals surface area contributed by atoms with Gasteiger partial charge in [0.25, 0.3) is 5.69 Å². The van der Waals surface area contributed by atoms with E-state index >= 15 is 0 Å². The van der Waals surface area contributed by atoms with Gasteiger partial charge in [0.05, 0.1) is 17.0 Å². The molecule has 0 fully saturated rings. The number of nitro benzene ring substituents is 1. The topological polar surface area (TPSA) is 118 Å². The summed E-state index contributed by atoms with van der Waals surface area (Å²) in [5.41, 5.74) is 1.27. The van der Waals surface area contributed by atoms with E-state index < -0.39 is 14.9 Å². The molecule has 1 aromatic heterocycles. The number of H-pyrrole nitrogens is 1. The van der Waals surface area contributed by atoms with Crippen molar-refractivity contribution in [3.05, 3.63) is 58.2 Å². The molecule has 0 unspecified atom stereocenters. The fourth-order valence-electron chi connectivity index (χ4n) is 1.75. The maximum Gasteiger partial charge on any atom is 0.269 e. The molecule has 112 valence electrons. The van der Waals surface area contributed by atoms with Crippen molar-refractivity contribution in [2.75, 3.05) is 6.54 Å². The summed E-state index contributed by atoms with van der Waals surface area (Å²) in [6, 6.07) is 5.45. The van der Waals surface area contributed by atoms with Crippen molar-refractivity contribution in [1.29, 1.82) is 0 Å². The van der Waals surface area contributed by atoms with Crippen LogP contribution >= 0.6 is 0 Å². The average molecular weight is 310 g/mol. The zero-order valence-corrected chi connectivity index (χ0v) is 11.8. The Hall–Kier alpha value is -2.26. The van der Waals surface area contributed by atoms with E-state index in [1.807, 2.05) is 0 Å². The van der Waals surface area contributed by atoms with Crippen LogP contribution < -0.4 is 4.72 Å². The largest absolute Gasteiger partial charge is 0.348 e. The van der Waals surface area contributed by atoms with Crippen LogP contribution in [0.4, 0.5) is 5.69 Å². The predicted molar refractivity (Wildman–Crippen MR) is 76.0 cm³/mol. The Bertz CT molecular complexity index is 695. The van der Waals surface area contributed by atoms with Crippen LogP contribution in [0.5, 0.6) is 0 Å². The molecule has 0 amide bonds. The predicted octanol–water partition coefficient (Wildman–Crippen LogP) is 0.980. The Labute approximate surface area is 121 Å². The van der Waals surface area contributed by atoms with E-state index in [2.05, 4.69) is 14.7 Å². The normalized spacial score (nSPS) is 11.4. The van der Waals surface area contributed by atoms with Gasteiger partial charge >= 0.3 is 0 Å². The zero-order chi connectivity index (χ0) is 15.3. The molecule has 9 heteroatoms. The minimum absolute atomic E-state index is 0.0663. The molecule has 0 aliphatic heterocycles. The number of hydrogen-bond acceptors (Lipinski definition) is 5. The summed E-state index contributed by atoms with van der Waals surface area (Å²) in [4.78, 5) is 16.7. The molecule has 0 radical (unpaired) electrons. The van der Waals surface area contributed by atoms with Crippen LogP contribution in [0.1, 0.15) is 11.3 Å². The molecule has 8 nitrogen and oxygen atoms in total. The number of hydrogen-bond donors (Lipinski definition) is 2. The molecule has 0 saturated carbocycles. The van der Waals surface area contributed by atoms with Gasteiger partial charge in [-0.25, -0.2) is 18.1 Å². The molecule has 1 aromatic carbocycles. The van der Waals surface area contributed by atoms with Gasteiger partial charge in [-0.05, 0) is 5.56 Å². The molecule has 2 N–H and O–H groups in total. The third-order valence-corrected chi connectivity index (χ3v) is 4.13. The van der Waals surface area contributed by atoms with E-state index in [4.69, 9.17) is 0 Å². The fraction of sp³-hybridized carbons (Fsp3) is 0.250. The van der Waals surface area contributed by atoms with Crippen molar-refractivity contribution in [3.63, 3.8) is 0 Å². The van der Waals surface area contributed by atoms with E-state index in [9.17, 15) is 18.5 Å². The second-order valence-corrected chi connectivity index (χ2v) is 6.21. The smallest absolute Gasteiger partial charge is 0.269 e. The lowest BCUT2D eigenvalue weighted by atomic mass is 10.2. The first-order chi connectivity index (χ1) is 9.96. The minimum Gasteiger partial charge on any atom is -0.348 e. The first-order valence-electron chi connectivity index (χ1n) is 6.14. The summed E-state index contributed by atoms with van der Waals surface area (Å²) < 4.78 is 26.2. The van der Waals surface area contributed by atoms with Crippen LogP contribution in [0.2, 0.25) is 0 Å². The number of nitrogens with zero attached hydrogens (tertiary/aromatic N) is 2. The summed E-state index contributed by atoms with van der Waals surface area (Å²) >= 11 is 0. The van der Waals surface area contributed by atoms with Gasteiger partial charge in [-0.15, -0.1) is 0 Å². The molecule has 0 saturated heterocycles. The SMILES string of the molecule is O=[N+]([O-])c1ccc(CS(=O)(=O)NCCc2cnc[nH]2)cc1. The van der Waals surface area contributed by atoms with Crippen LogP contribution in [0, 0.1) is 10.1 Å². The number of aromatic amines is 1. The van der Waals surface area contributed by atoms with Crippen LogP contribution in [0.3, 0.4) is 0 Å². The van der Waals surface area contributed by atoms with Crippen LogP contribution in [-0.2, 0) is 22.2 Å². The third-order valence-electron chi connectivity index (χ3n) is 2.78. The Balaban J connectivity index is 1.89. The van der Waals surface area contributed by atoms with Gasteiger partial charge < -0.3 is 4.98 Å². The summed E-state index contributed by atoms with van der Waals surface area (Å²) in [6.45, 7) is 0.261. The van der Waals surface area contributed by atoms with Crippen molar-refractivity contribution < 1.29 is 13.3 Å². The highest BCUT2D eigenvalue weighted by atomic mass is 32.2. The van der Waals surface area contributed by atoms with Crippen LogP contribution in [0.15, 0.2) is 36.8 Å². The van der Waals surface area contributed by atoms with Crippen molar-refractivity contribution in [2.45, 2.75) is 12.2 Å². The maximum absolute atomic E-state index is 11.9. The monoisotopic (exact) mass is 310 g/mol. The first-order valence-corrected chi connectivity index (χ1v) is 7.79. The molecular weight excluding hydrogens is 296 g/mol. The number of nitro groups is 1. The summed E-state index contributed by atoms with van der Waals surface area (Å²) in [7, 11) is -3.48. The molecule has 0 spiro atoms. The fourth-order valence-corrected chi connectivity index (χ4v) is 2.89. The Morgan fingerprint density at radius 3 is 2.57 bits per heavy atom. The van der Waals surface area contributed by atoms with Crippen molar-refractivity contribution >= 4 is 15.7 Å². The highest BCUT2D eigenvalue weighted by molar-refractivity contribution is 7.88. The summed E-state index contributed by atoms with van der Waals surface area (Å²) in [5.74, 6) is -0.214. The maximum atomic E-state index is 11.9. The van der Waals surface area contributed by atoms with Crippen molar-refractivity contribution in [3.8, 4) is 0 Å². The summed E-state index contributed by atoms with van der Waals surface area (Å²) in [5, 5.41) is 10.5. The lowest BCUT2D eigenvalue weighted by Crippen LogP contribution is -2.27. The molecule has 0 aliphatic rings.